The van der Waals surface area contributed by atoms with E-state index in [-0.39, 0.29) is 0 Å². The zero-order chi connectivity index (χ0) is 26.9. The highest BCUT2D eigenvalue weighted by atomic mass is 15.0. The third kappa shape index (κ3) is 3.20. The van der Waals surface area contributed by atoms with Gasteiger partial charge in [0.2, 0.25) is 0 Å². The van der Waals surface area contributed by atoms with Gasteiger partial charge in [0, 0.05) is 34.4 Å². The molecule has 0 saturated heterocycles. The molecule has 0 saturated carbocycles. The molecule has 0 unspecified atom stereocenters. The van der Waals surface area contributed by atoms with Gasteiger partial charge in [-0.2, -0.15) is 0 Å². The molecule has 7 aromatic carbocycles. The van der Waals surface area contributed by atoms with Crippen LogP contribution in [0.5, 0.6) is 0 Å². The summed E-state index contributed by atoms with van der Waals surface area (Å²) in [7, 11) is 0. The van der Waals surface area contributed by atoms with E-state index in [0.29, 0.717) is 0 Å². The molecular weight excluding hydrogens is 498 g/mol. The van der Waals surface area contributed by atoms with Crippen molar-refractivity contribution in [1.29, 1.82) is 0 Å². The molecule has 0 fully saturated rings. The van der Waals surface area contributed by atoms with Crippen LogP contribution in [0.25, 0.3) is 82.3 Å². The van der Waals surface area contributed by atoms with Crippen LogP contribution in [0.2, 0.25) is 0 Å². The number of fused-ring (bicyclic) bond motifs is 3. The van der Waals surface area contributed by atoms with Crippen molar-refractivity contribution >= 4 is 54.1 Å². The van der Waals surface area contributed by atoms with Crippen molar-refractivity contribution in [2.45, 2.75) is 0 Å². The smallest absolute Gasteiger partial charge is 0.159 e. The molecule has 3 heteroatoms. The number of benzene rings is 7. The highest BCUT2D eigenvalue weighted by Crippen LogP contribution is 2.42. The molecule has 190 valence electrons. The fourth-order valence-corrected chi connectivity index (χ4v) is 6.68. The van der Waals surface area contributed by atoms with E-state index in [1.54, 1.807) is 12.4 Å². The van der Waals surface area contributed by atoms with Gasteiger partial charge < -0.3 is 4.57 Å². The van der Waals surface area contributed by atoms with Crippen molar-refractivity contribution in [1.82, 2.24) is 14.5 Å². The molecule has 0 aliphatic heterocycles. The number of rotatable bonds is 3. The molecule has 0 aliphatic carbocycles. The predicted octanol–water partition coefficient (Wildman–Crippen LogP) is 9.81. The summed E-state index contributed by atoms with van der Waals surface area (Å²) in [5.41, 5.74) is 7.12. The monoisotopic (exact) mass is 521 g/mol. The van der Waals surface area contributed by atoms with Crippen molar-refractivity contribution in [3.05, 3.63) is 140 Å². The maximum Gasteiger partial charge on any atom is 0.159 e. The SMILES string of the molecule is c1cnc(-c2ccc3ccc4c(-c5ccc(-n6c7ccccc7c7ccccc76)cc5)ccc5ccc2c3c54)nc1. The Labute approximate surface area is 236 Å². The Hall–Kier alpha value is -5.54. The number of hydrogen-bond donors (Lipinski definition) is 0. The van der Waals surface area contributed by atoms with Gasteiger partial charge in [-0.1, -0.05) is 91.0 Å². The molecule has 0 amide bonds. The first-order chi connectivity index (χ1) is 20.3. The van der Waals surface area contributed by atoms with Gasteiger partial charge in [-0.25, -0.2) is 9.97 Å². The van der Waals surface area contributed by atoms with Gasteiger partial charge in [-0.05, 0) is 79.8 Å². The number of para-hydroxylation sites is 2. The second-order valence-corrected chi connectivity index (χ2v) is 10.6. The van der Waals surface area contributed by atoms with E-state index >= 15 is 0 Å². The minimum absolute atomic E-state index is 0.756. The van der Waals surface area contributed by atoms with Gasteiger partial charge >= 0.3 is 0 Å². The zero-order valence-electron chi connectivity index (χ0n) is 22.1. The first kappa shape index (κ1) is 22.3. The maximum absolute atomic E-state index is 4.55. The summed E-state index contributed by atoms with van der Waals surface area (Å²) in [6.07, 6.45) is 3.61. The second kappa shape index (κ2) is 8.48. The average Bonchev–Trinajstić information content (AvgIpc) is 3.38. The van der Waals surface area contributed by atoms with Crippen LogP contribution in [0.1, 0.15) is 0 Å². The van der Waals surface area contributed by atoms with Crippen LogP contribution in [-0.2, 0) is 0 Å². The number of hydrogen-bond acceptors (Lipinski definition) is 2. The summed E-state index contributed by atoms with van der Waals surface area (Å²) in [6, 6.07) is 46.0. The largest absolute Gasteiger partial charge is 0.309 e. The van der Waals surface area contributed by atoms with Crippen LogP contribution in [0.15, 0.2) is 140 Å². The van der Waals surface area contributed by atoms with Crippen LogP contribution >= 0.6 is 0 Å². The third-order valence-corrected chi connectivity index (χ3v) is 8.49. The molecule has 0 spiro atoms. The predicted molar refractivity (Wildman–Crippen MR) is 171 cm³/mol. The Kier molecular flexibility index (Phi) is 4.61. The van der Waals surface area contributed by atoms with Crippen molar-refractivity contribution in [2.75, 3.05) is 0 Å². The summed E-state index contributed by atoms with van der Waals surface area (Å²) in [4.78, 5) is 9.10. The molecule has 9 aromatic rings. The highest BCUT2D eigenvalue weighted by molar-refractivity contribution is 6.27. The molecule has 0 bridgehead atoms. The third-order valence-electron chi connectivity index (χ3n) is 8.49. The van der Waals surface area contributed by atoms with Gasteiger partial charge in [0.1, 0.15) is 0 Å². The second-order valence-electron chi connectivity index (χ2n) is 10.6. The van der Waals surface area contributed by atoms with E-state index in [1.807, 2.05) is 6.07 Å². The van der Waals surface area contributed by atoms with Crippen LogP contribution in [0.3, 0.4) is 0 Å². The Morgan fingerprint density at radius 2 is 0.951 bits per heavy atom. The molecular formula is C38H23N3. The molecule has 2 aromatic heterocycles. The Balaban J connectivity index is 1.24. The fourth-order valence-electron chi connectivity index (χ4n) is 6.68. The summed E-state index contributed by atoms with van der Waals surface area (Å²) in [5.74, 6) is 0.756. The lowest BCUT2D eigenvalue weighted by Crippen LogP contribution is -1.94. The summed E-state index contributed by atoms with van der Waals surface area (Å²) in [5, 5.41) is 10.0. The van der Waals surface area contributed by atoms with Gasteiger partial charge in [0.15, 0.2) is 5.82 Å². The summed E-state index contributed by atoms with van der Waals surface area (Å²) >= 11 is 0. The normalized spacial score (nSPS) is 11.9. The van der Waals surface area contributed by atoms with Crippen LogP contribution in [0.4, 0.5) is 0 Å². The van der Waals surface area contributed by atoms with Crippen molar-refractivity contribution in [2.24, 2.45) is 0 Å². The summed E-state index contributed by atoms with van der Waals surface area (Å²) < 4.78 is 2.37. The lowest BCUT2D eigenvalue weighted by atomic mass is 9.88. The first-order valence-electron chi connectivity index (χ1n) is 13.9. The van der Waals surface area contributed by atoms with E-state index in [2.05, 4.69) is 136 Å². The molecule has 0 atom stereocenters. The number of aromatic nitrogens is 3. The first-order valence-corrected chi connectivity index (χ1v) is 13.9. The van der Waals surface area contributed by atoms with E-state index < -0.39 is 0 Å². The van der Waals surface area contributed by atoms with Gasteiger partial charge in [0.05, 0.1) is 11.0 Å². The lowest BCUT2D eigenvalue weighted by molar-refractivity contribution is 1.18. The standard InChI is InChI=1S/C38H23N3/c1-3-8-34-29(6-1)30-7-2-4-9-35(30)41(34)27-16-10-24(11-17-27)28-18-12-25-14-20-32-33(38-39-22-5-23-40-38)21-15-26-13-19-31(28)36(25)37(26)32/h1-23H. The molecule has 0 N–H and O–H groups in total. The van der Waals surface area contributed by atoms with Crippen molar-refractivity contribution < 1.29 is 0 Å². The van der Waals surface area contributed by atoms with Crippen LogP contribution < -0.4 is 0 Å². The Morgan fingerprint density at radius 1 is 0.415 bits per heavy atom. The van der Waals surface area contributed by atoms with Crippen molar-refractivity contribution in [3.8, 4) is 28.2 Å². The Morgan fingerprint density at radius 3 is 1.59 bits per heavy atom. The lowest BCUT2D eigenvalue weighted by Gasteiger charge is -2.16. The molecule has 0 radical (unpaired) electrons. The fraction of sp³-hybridized carbons (Fsp3) is 0. The topological polar surface area (TPSA) is 30.7 Å². The van der Waals surface area contributed by atoms with E-state index in [0.717, 1.165) is 17.1 Å². The van der Waals surface area contributed by atoms with Crippen LogP contribution in [-0.4, -0.2) is 14.5 Å². The van der Waals surface area contributed by atoms with E-state index in [1.165, 1.54) is 65.3 Å². The molecule has 41 heavy (non-hydrogen) atoms. The Bertz CT molecular complexity index is 2350. The summed E-state index contributed by atoms with van der Waals surface area (Å²) in [6.45, 7) is 0. The van der Waals surface area contributed by atoms with Crippen LogP contribution in [0, 0.1) is 0 Å². The molecule has 3 nitrogen and oxygen atoms in total. The zero-order valence-corrected chi connectivity index (χ0v) is 22.1. The van der Waals surface area contributed by atoms with Gasteiger partial charge in [-0.15, -0.1) is 0 Å². The number of nitrogens with zero attached hydrogens (tertiary/aromatic N) is 3. The van der Waals surface area contributed by atoms with Crippen molar-refractivity contribution in [3.63, 3.8) is 0 Å². The average molecular weight is 522 g/mol. The minimum atomic E-state index is 0.756. The highest BCUT2D eigenvalue weighted by Gasteiger charge is 2.16. The van der Waals surface area contributed by atoms with Gasteiger partial charge in [-0.3, -0.25) is 0 Å². The van der Waals surface area contributed by atoms with E-state index in [9.17, 15) is 0 Å². The maximum atomic E-state index is 4.55. The van der Waals surface area contributed by atoms with E-state index in [4.69, 9.17) is 0 Å². The quantitative estimate of drug-likeness (QED) is 0.217. The molecule has 9 rings (SSSR count). The van der Waals surface area contributed by atoms with Gasteiger partial charge in [0.25, 0.3) is 0 Å². The molecule has 0 aliphatic rings. The minimum Gasteiger partial charge on any atom is -0.309 e. The molecule has 2 heterocycles.